The van der Waals surface area contributed by atoms with Crippen LogP contribution in [0.3, 0.4) is 0 Å². The van der Waals surface area contributed by atoms with Gasteiger partial charge in [0, 0.05) is 51.4 Å². The normalized spacial score (nSPS) is 27.6. The number of likely N-dealkylation sites (tertiary alicyclic amines) is 1. The van der Waals surface area contributed by atoms with Gasteiger partial charge in [0.25, 0.3) is 0 Å². The van der Waals surface area contributed by atoms with Crippen molar-refractivity contribution in [1.29, 1.82) is 0 Å². The highest BCUT2D eigenvalue weighted by atomic mass is 35.5. The van der Waals surface area contributed by atoms with Crippen LogP contribution in [0, 0.1) is 0 Å². The highest BCUT2D eigenvalue weighted by Crippen LogP contribution is 2.25. The van der Waals surface area contributed by atoms with E-state index in [1.165, 1.54) is 0 Å². The van der Waals surface area contributed by atoms with Gasteiger partial charge in [0.1, 0.15) is 5.15 Å². The molecule has 2 aliphatic rings. The fourth-order valence-electron chi connectivity index (χ4n) is 3.51. The molecule has 2 aliphatic heterocycles. The van der Waals surface area contributed by atoms with E-state index in [2.05, 4.69) is 21.8 Å². The van der Waals surface area contributed by atoms with Crippen molar-refractivity contribution < 1.29 is 9.84 Å². The summed E-state index contributed by atoms with van der Waals surface area (Å²) in [6.07, 6.45) is 0.567. The Balaban J connectivity index is 1.67. The zero-order valence-electron chi connectivity index (χ0n) is 13.3. The quantitative estimate of drug-likeness (QED) is 0.873. The van der Waals surface area contributed by atoms with Crippen molar-refractivity contribution in [2.24, 2.45) is 7.05 Å². The first-order valence-corrected chi connectivity index (χ1v) is 8.40. The van der Waals surface area contributed by atoms with Gasteiger partial charge in [-0.25, -0.2) is 0 Å². The van der Waals surface area contributed by atoms with Crippen LogP contribution in [0.1, 0.15) is 18.2 Å². The number of ether oxygens (including phenoxy) is 1. The van der Waals surface area contributed by atoms with E-state index in [1.807, 2.05) is 7.05 Å². The van der Waals surface area contributed by atoms with Gasteiger partial charge in [-0.1, -0.05) is 18.5 Å². The maximum Gasteiger partial charge on any atom is 0.131 e. The van der Waals surface area contributed by atoms with Crippen molar-refractivity contribution >= 4 is 11.6 Å². The van der Waals surface area contributed by atoms with Crippen LogP contribution in [0.25, 0.3) is 0 Å². The molecule has 0 unspecified atom stereocenters. The highest BCUT2D eigenvalue weighted by Gasteiger charge is 2.36. The van der Waals surface area contributed by atoms with E-state index in [9.17, 15) is 5.11 Å². The van der Waals surface area contributed by atoms with Crippen molar-refractivity contribution in [2.45, 2.75) is 32.0 Å². The lowest BCUT2D eigenvalue weighted by atomic mass is 10.1. The monoisotopic (exact) mass is 328 g/mol. The second kappa shape index (κ2) is 6.84. The van der Waals surface area contributed by atoms with E-state index < -0.39 is 0 Å². The molecule has 0 saturated carbocycles. The van der Waals surface area contributed by atoms with Gasteiger partial charge in [-0.05, 0) is 6.42 Å². The fourth-order valence-corrected chi connectivity index (χ4v) is 3.71. The average molecular weight is 329 g/mol. The van der Waals surface area contributed by atoms with Gasteiger partial charge >= 0.3 is 0 Å². The van der Waals surface area contributed by atoms with E-state index in [1.54, 1.807) is 4.68 Å². The van der Waals surface area contributed by atoms with Crippen molar-refractivity contribution in [3.63, 3.8) is 0 Å². The zero-order valence-corrected chi connectivity index (χ0v) is 14.1. The molecule has 7 heteroatoms. The molecular formula is C15H25ClN4O2. The number of rotatable bonds is 4. The lowest BCUT2D eigenvalue weighted by molar-refractivity contribution is -0.00618. The summed E-state index contributed by atoms with van der Waals surface area (Å²) in [5.41, 5.74) is 2.15. The number of aryl methyl sites for hydroxylation is 2. The van der Waals surface area contributed by atoms with Gasteiger partial charge in [-0.15, -0.1) is 0 Å². The van der Waals surface area contributed by atoms with Crippen LogP contribution in [0.4, 0.5) is 0 Å². The molecule has 3 heterocycles. The summed E-state index contributed by atoms with van der Waals surface area (Å²) in [7, 11) is 1.88. The molecule has 6 nitrogen and oxygen atoms in total. The molecule has 0 bridgehead atoms. The number of aliphatic hydroxyl groups is 1. The van der Waals surface area contributed by atoms with Crippen molar-refractivity contribution in [2.75, 3.05) is 39.4 Å². The minimum Gasteiger partial charge on any atom is -0.390 e. The molecule has 0 spiro atoms. The summed E-state index contributed by atoms with van der Waals surface area (Å²) in [6.45, 7) is 7.75. The molecule has 124 valence electrons. The summed E-state index contributed by atoms with van der Waals surface area (Å²) < 4.78 is 7.14. The molecule has 1 N–H and O–H groups in total. The lowest BCUT2D eigenvalue weighted by Gasteiger charge is -2.33. The third-order valence-electron chi connectivity index (χ3n) is 4.72. The molecule has 2 fully saturated rings. The lowest BCUT2D eigenvalue weighted by Crippen LogP contribution is -2.48. The molecule has 22 heavy (non-hydrogen) atoms. The number of aromatic nitrogens is 2. The third kappa shape index (κ3) is 3.16. The number of aliphatic hydroxyl groups excluding tert-OH is 1. The largest absolute Gasteiger partial charge is 0.390 e. The van der Waals surface area contributed by atoms with E-state index in [0.717, 1.165) is 57.1 Å². The summed E-state index contributed by atoms with van der Waals surface area (Å²) in [5, 5.41) is 15.6. The Morgan fingerprint density at radius 2 is 2.05 bits per heavy atom. The van der Waals surface area contributed by atoms with E-state index in [0.29, 0.717) is 11.7 Å². The summed E-state index contributed by atoms with van der Waals surface area (Å²) >= 11 is 6.38. The molecule has 0 radical (unpaired) electrons. The van der Waals surface area contributed by atoms with Crippen LogP contribution < -0.4 is 0 Å². The van der Waals surface area contributed by atoms with Crippen molar-refractivity contribution in [3.05, 3.63) is 16.4 Å². The van der Waals surface area contributed by atoms with Crippen LogP contribution in [0.5, 0.6) is 0 Å². The predicted molar refractivity (Wildman–Crippen MR) is 85.1 cm³/mol. The molecule has 3 rings (SSSR count). The van der Waals surface area contributed by atoms with Gasteiger partial charge < -0.3 is 9.84 Å². The van der Waals surface area contributed by atoms with Crippen LogP contribution in [-0.2, 0) is 24.8 Å². The van der Waals surface area contributed by atoms with Gasteiger partial charge in [0.2, 0.25) is 0 Å². The minimum atomic E-state index is -0.307. The number of hydrogen-bond donors (Lipinski definition) is 1. The van der Waals surface area contributed by atoms with Crippen LogP contribution >= 0.6 is 11.6 Å². The number of nitrogens with zero attached hydrogens (tertiary/aromatic N) is 4. The first-order chi connectivity index (χ1) is 10.6. The highest BCUT2D eigenvalue weighted by molar-refractivity contribution is 6.30. The SMILES string of the molecule is CCc1nn(C)c(Cl)c1CN1C[C@H](O)[C@@H](N2CCOCC2)C1. The topological polar surface area (TPSA) is 53.8 Å². The molecule has 0 amide bonds. The molecule has 1 aromatic rings. The smallest absolute Gasteiger partial charge is 0.131 e. The van der Waals surface area contributed by atoms with Gasteiger partial charge in [-0.3, -0.25) is 14.5 Å². The van der Waals surface area contributed by atoms with Crippen molar-refractivity contribution in [1.82, 2.24) is 19.6 Å². The van der Waals surface area contributed by atoms with Gasteiger partial charge in [-0.2, -0.15) is 5.10 Å². The second-order valence-electron chi connectivity index (χ2n) is 6.17. The molecule has 2 saturated heterocycles. The van der Waals surface area contributed by atoms with Crippen LogP contribution in [0.2, 0.25) is 5.15 Å². The van der Waals surface area contributed by atoms with Gasteiger partial charge in [0.15, 0.2) is 0 Å². The number of β-amino-alcohol motifs (C(OH)–C–C–N with tert-alkyl or cyclic N) is 1. The Kier molecular flexibility index (Phi) is 5.04. The summed E-state index contributed by atoms with van der Waals surface area (Å²) in [4.78, 5) is 4.63. The Morgan fingerprint density at radius 3 is 2.73 bits per heavy atom. The Morgan fingerprint density at radius 1 is 1.32 bits per heavy atom. The first kappa shape index (κ1) is 16.2. The van der Waals surface area contributed by atoms with Gasteiger partial charge in [0.05, 0.1) is 25.0 Å². The number of halogens is 1. The summed E-state index contributed by atoms with van der Waals surface area (Å²) in [5.74, 6) is 0. The fraction of sp³-hybridized carbons (Fsp3) is 0.800. The Bertz CT molecular complexity index is 516. The van der Waals surface area contributed by atoms with Crippen LogP contribution in [0.15, 0.2) is 0 Å². The number of morpholine rings is 1. The average Bonchev–Trinajstić information content (AvgIpc) is 3.03. The molecular weight excluding hydrogens is 304 g/mol. The number of hydrogen-bond acceptors (Lipinski definition) is 5. The molecule has 1 aromatic heterocycles. The molecule has 0 aromatic carbocycles. The minimum absolute atomic E-state index is 0.199. The van der Waals surface area contributed by atoms with E-state index in [4.69, 9.17) is 16.3 Å². The zero-order chi connectivity index (χ0) is 15.7. The molecule has 0 aliphatic carbocycles. The maximum atomic E-state index is 10.4. The molecule has 2 atom stereocenters. The third-order valence-corrected chi connectivity index (χ3v) is 5.19. The Labute approximate surface area is 136 Å². The van der Waals surface area contributed by atoms with Crippen molar-refractivity contribution in [3.8, 4) is 0 Å². The predicted octanol–water partition coefficient (Wildman–Crippen LogP) is 0.513. The first-order valence-electron chi connectivity index (χ1n) is 8.02. The van der Waals surface area contributed by atoms with Crippen LogP contribution in [-0.4, -0.2) is 76.2 Å². The standard InChI is InChI=1S/C15H25ClN4O2/c1-3-12-11(15(16)18(2)17-12)8-19-9-13(14(21)10-19)20-4-6-22-7-5-20/h13-14,21H,3-10H2,1-2H3/t13-,14-/m0/s1. The summed E-state index contributed by atoms with van der Waals surface area (Å²) in [6, 6.07) is 0.199. The van der Waals surface area contributed by atoms with E-state index in [-0.39, 0.29) is 12.1 Å². The Hall–Kier alpha value is -0.660. The van der Waals surface area contributed by atoms with E-state index >= 15 is 0 Å². The second-order valence-corrected chi connectivity index (χ2v) is 6.53. The maximum absolute atomic E-state index is 10.4.